The van der Waals surface area contributed by atoms with Gasteiger partial charge < -0.3 is 10.1 Å². The van der Waals surface area contributed by atoms with Crippen LogP contribution in [0.2, 0.25) is 0 Å². The van der Waals surface area contributed by atoms with E-state index < -0.39 is 11.9 Å². The second-order valence-electron chi connectivity index (χ2n) is 3.83. The molecule has 7 heteroatoms. The molecule has 0 aliphatic rings. The number of aryl methyl sites for hydroxylation is 1. The van der Waals surface area contributed by atoms with Crippen LogP contribution in [0.3, 0.4) is 0 Å². The van der Waals surface area contributed by atoms with Crippen molar-refractivity contribution in [2.24, 2.45) is 0 Å². The van der Waals surface area contributed by atoms with E-state index in [1.54, 1.807) is 18.2 Å². The molecule has 2 N–H and O–H groups in total. The van der Waals surface area contributed by atoms with Gasteiger partial charge in [-0.25, -0.2) is 9.78 Å². The molecular weight excluding hydrogens is 248 g/mol. The molecule has 0 spiro atoms. The highest BCUT2D eigenvalue weighted by Crippen LogP contribution is 2.18. The molecular formula is C12H12N4O3. The first-order valence-electron chi connectivity index (χ1n) is 5.47. The van der Waals surface area contributed by atoms with Gasteiger partial charge in [0.25, 0.3) is 5.91 Å². The van der Waals surface area contributed by atoms with Crippen molar-refractivity contribution < 1.29 is 14.3 Å². The van der Waals surface area contributed by atoms with Gasteiger partial charge in [-0.05, 0) is 19.1 Å². The van der Waals surface area contributed by atoms with Crippen molar-refractivity contribution in [2.45, 2.75) is 6.92 Å². The Bertz CT molecular complexity index is 607. The molecule has 2 rings (SSSR count). The van der Waals surface area contributed by atoms with Gasteiger partial charge in [0.1, 0.15) is 6.33 Å². The fraction of sp³-hybridized carbons (Fsp3) is 0.167. The molecule has 0 atom stereocenters. The van der Waals surface area contributed by atoms with Gasteiger partial charge in [-0.2, -0.15) is 5.10 Å². The van der Waals surface area contributed by atoms with Gasteiger partial charge in [0.2, 0.25) is 5.82 Å². The van der Waals surface area contributed by atoms with E-state index in [-0.39, 0.29) is 11.4 Å². The number of nitrogens with zero attached hydrogens (tertiary/aromatic N) is 2. The minimum Gasteiger partial charge on any atom is -0.465 e. The number of aromatic nitrogens is 3. The van der Waals surface area contributed by atoms with Crippen LogP contribution in [0.15, 0.2) is 24.5 Å². The average Bonchev–Trinajstić information content (AvgIpc) is 2.94. The van der Waals surface area contributed by atoms with Gasteiger partial charge >= 0.3 is 5.97 Å². The topological polar surface area (TPSA) is 97.0 Å². The van der Waals surface area contributed by atoms with Crippen LogP contribution < -0.4 is 5.32 Å². The zero-order chi connectivity index (χ0) is 13.8. The third kappa shape index (κ3) is 2.76. The molecule has 0 radical (unpaired) electrons. The van der Waals surface area contributed by atoms with Crippen LogP contribution in [0.4, 0.5) is 5.69 Å². The number of hydrogen-bond acceptors (Lipinski definition) is 5. The van der Waals surface area contributed by atoms with Crippen molar-refractivity contribution in [1.29, 1.82) is 0 Å². The van der Waals surface area contributed by atoms with E-state index in [0.717, 1.165) is 5.56 Å². The van der Waals surface area contributed by atoms with E-state index >= 15 is 0 Å². The normalized spacial score (nSPS) is 10.0. The number of carbonyl (C=O) groups excluding carboxylic acids is 2. The second-order valence-corrected chi connectivity index (χ2v) is 3.83. The van der Waals surface area contributed by atoms with E-state index in [4.69, 9.17) is 0 Å². The minimum atomic E-state index is -0.517. The Morgan fingerprint density at radius 3 is 2.79 bits per heavy atom. The number of methoxy groups -OCH3 is 1. The number of aromatic amines is 1. The van der Waals surface area contributed by atoms with Gasteiger partial charge in [-0.1, -0.05) is 11.6 Å². The number of rotatable bonds is 3. The van der Waals surface area contributed by atoms with Crippen LogP contribution in [0.1, 0.15) is 26.5 Å². The number of esters is 1. The molecule has 0 bridgehead atoms. The maximum Gasteiger partial charge on any atom is 0.339 e. The highest BCUT2D eigenvalue weighted by molar-refractivity contribution is 6.06. The van der Waals surface area contributed by atoms with Crippen LogP contribution >= 0.6 is 0 Å². The lowest BCUT2D eigenvalue weighted by Gasteiger charge is -2.09. The van der Waals surface area contributed by atoms with E-state index in [1.807, 2.05) is 6.92 Å². The quantitative estimate of drug-likeness (QED) is 0.807. The molecule has 0 aliphatic carbocycles. The first-order chi connectivity index (χ1) is 9.11. The van der Waals surface area contributed by atoms with Gasteiger partial charge in [-0.3, -0.25) is 9.89 Å². The number of nitrogens with one attached hydrogen (secondary N) is 2. The predicted molar refractivity (Wildman–Crippen MR) is 66.9 cm³/mol. The Hall–Kier alpha value is -2.70. The van der Waals surface area contributed by atoms with Crippen molar-refractivity contribution in [1.82, 2.24) is 15.2 Å². The number of amides is 1. The number of hydrogen-bond donors (Lipinski definition) is 2. The molecule has 0 aliphatic heterocycles. The van der Waals surface area contributed by atoms with Crippen LogP contribution in [0.25, 0.3) is 0 Å². The second kappa shape index (κ2) is 5.30. The maximum atomic E-state index is 11.8. The summed E-state index contributed by atoms with van der Waals surface area (Å²) in [6.07, 6.45) is 1.23. The molecule has 0 fully saturated rings. The first-order valence-corrected chi connectivity index (χ1v) is 5.47. The summed E-state index contributed by atoms with van der Waals surface area (Å²) in [6, 6.07) is 5.06. The fourth-order valence-electron chi connectivity index (χ4n) is 1.54. The molecule has 98 valence electrons. The summed E-state index contributed by atoms with van der Waals surface area (Å²) in [4.78, 5) is 27.2. The van der Waals surface area contributed by atoms with E-state index in [0.29, 0.717) is 5.69 Å². The molecule has 19 heavy (non-hydrogen) atoms. The summed E-state index contributed by atoms with van der Waals surface area (Å²) in [6.45, 7) is 1.84. The van der Waals surface area contributed by atoms with Crippen molar-refractivity contribution in [3.63, 3.8) is 0 Å². The van der Waals surface area contributed by atoms with Crippen LogP contribution in [-0.2, 0) is 4.74 Å². The SMILES string of the molecule is COC(=O)c1cc(C)ccc1NC(=O)c1ncn[nH]1. The molecule has 0 unspecified atom stereocenters. The largest absolute Gasteiger partial charge is 0.465 e. The molecule has 1 aromatic carbocycles. The van der Waals surface area contributed by atoms with Crippen molar-refractivity contribution in [2.75, 3.05) is 12.4 Å². The smallest absolute Gasteiger partial charge is 0.339 e. The zero-order valence-electron chi connectivity index (χ0n) is 10.4. The standard InChI is InChI=1S/C12H12N4O3/c1-7-3-4-9(8(5-7)12(18)19-2)15-11(17)10-13-6-14-16-10/h3-6H,1-2H3,(H,15,17)(H,13,14,16). The van der Waals surface area contributed by atoms with Gasteiger partial charge in [0, 0.05) is 0 Å². The maximum absolute atomic E-state index is 11.8. The molecule has 1 aromatic heterocycles. The van der Waals surface area contributed by atoms with Gasteiger partial charge in [-0.15, -0.1) is 0 Å². The lowest BCUT2D eigenvalue weighted by Crippen LogP contribution is -2.17. The molecule has 7 nitrogen and oxygen atoms in total. The molecule has 1 amide bonds. The Morgan fingerprint density at radius 1 is 1.37 bits per heavy atom. The van der Waals surface area contributed by atoms with E-state index in [2.05, 4.69) is 25.2 Å². The minimum absolute atomic E-state index is 0.0661. The summed E-state index contributed by atoms with van der Waals surface area (Å²) in [7, 11) is 1.28. The summed E-state index contributed by atoms with van der Waals surface area (Å²) >= 11 is 0. The van der Waals surface area contributed by atoms with Crippen LogP contribution in [0.5, 0.6) is 0 Å². The summed E-state index contributed by atoms with van der Waals surface area (Å²) in [5, 5.41) is 8.61. The highest BCUT2D eigenvalue weighted by Gasteiger charge is 2.16. The van der Waals surface area contributed by atoms with E-state index in [9.17, 15) is 9.59 Å². The molecule has 0 saturated heterocycles. The van der Waals surface area contributed by atoms with Crippen molar-refractivity contribution in [3.8, 4) is 0 Å². The van der Waals surface area contributed by atoms with Crippen LogP contribution in [-0.4, -0.2) is 34.2 Å². The highest BCUT2D eigenvalue weighted by atomic mass is 16.5. The summed E-state index contributed by atoms with van der Waals surface area (Å²) in [5.41, 5.74) is 1.53. The number of benzene rings is 1. The Morgan fingerprint density at radius 2 is 2.16 bits per heavy atom. The van der Waals surface area contributed by atoms with Crippen molar-refractivity contribution in [3.05, 3.63) is 41.5 Å². The number of ether oxygens (including phenoxy) is 1. The van der Waals surface area contributed by atoms with Gasteiger partial charge in [0.05, 0.1) is 18.4 Å². The number of H-pyrrole nitrogens is 1. The Labute approximate surface area is 109 Å². The number of carbonyl (C=O) groups is 2. The first kappa shape index (κ1) is 12.7. The predicted octanol–water partition coefficient (Wildman–Crippen LogP) is 1.15. The zero-order valence-corrected chi connectivity index (χ0v) is 10.4. The summed E-state index contributed by atoms with van der Waals surface area (Å²) < 4.78 is 4.68. The average molecular weight is 260 g/mol. The van der Waals surface area contributed by atoms with Gasteiger partial charge in [0.15, 0.2) is 0 Å². The summed E-state index contributed by atoms with van der Waals surface area (Å²) in [5.74, 6) is -0.931. The fourth-order valence-corrected chi connectivity index (χ4v) is 1.54. The van der Waals surface area contributed by atoms with Crippen LogP contribution in [0, 0.1) is 6.92 Å². The Kier molecular flexibility index (Phi) is 3.56. The Balaban J connectivity index is 2.29. The monoisotopic (exact) mass is 260 g/mol. The molecule has 0 saturated carbocycles. The van der Waals surface area contributed by atoms with E-state index in [1.165, 1.54) is 13.4 Å². The van der Waals surface area contributed by atoms with Crippen molar-refractivity contribution >= 4 is 17.6 Å². The third-order valence-corrected chi connectivity index (χ3v) is 2.46. The lowest BCUT2D eigenvalue weighted by molar-refractivity contribution is 0.0602. The number of anilines is 1. The molecule has 1 heterocycles. The molecule has 2 aromatic rings. The lowest BCUT2D eigenvalue weighted by atomic mass is 10.1. The third-order valence-electron chi connectivity index (χ3n) is 2.46.